The van der Waals surface area contributed by atoms with Crippen molar-refractivity contribution >= 4 is 5.78 Å². The van der Waals surface area contributed by atoms with E-state index < -0.39 is 0 Å². The average molecular weight is 224 g/mol. The van der Waals surface area contributed by atoms with E-state index in [1.165, 1.54) is 13.0 Å². The van der Waals surface area contributed by atoms with E-state index >= 15 is 0 Å². The molecular weight excluding hydrogens is 200 g/mol. The molecule has 16 heavy (non-hydrogen) atoms. The molecule has 1 aliphatic carbocycles. The predicted octanol–water partition coefficient (Wildman–Crippen LogP) is 1.52. The largest absolute Gasteiger partial charge is 0.305 e. The molecular formula is C13H24N2O. The molecule has 2 atom stereocenters. The zero-order chi connectivity index (χ0) is 11.5. The van der Waals surface area contributed by atoms with Gasteiger partial charge in [0.05, 0.1) is 6.04 Å². The third-order valence-corrected chi connectivity index (χ3v) is 4.09. The number of likely N-dealkylation sites (N-methyl/N-ethyl adjacent to an activating group) is 1. The molecule has 2 fully saturated rings. The lowest BCUT2D eigenvalue weighted by Crippen LogP contribution is -2.47. The third kappa shape index (κ3) is 2.46. The summed E-state index contributed by atoms with van der Waals surface area (Å²) in [7, 11) is 2.20. The van der Waals surface area contributed by atoms with Crippen LogP contribution >= 0.6 is 0 Å². The molecule has 1 saturated carbocycles. The number of carbonyl (C=O) groups excluding carboxylic acids is 1. The number of hydrogen-bond acceptors (Lipinski definition) is 3. The fraction of sp³-hybridized carbons (Fsp3) is 0.923. The number of ketones is 1. The van der Waals surface area contributed by atoms with Gasteiger partial charge in [0.15, 0.2) is 0 Å². The van der Waals surface area contributed by atoms with E-state index in [9.17, 15) is 4.79 Å². The standard InChI is InChI=1S/C13H24N2O/c1-3-11-10-14(2)8-5-9-15(11)12-6-4-7-13(12)16/h11-12H,3-10H2,1-2H3. The van der Waals surface area contributed by atoms with Crippen molar-refractivity contribution in [3.05, 3.63) is 0 Å². The molecule has 1 heterocycles. The molecule has 1 saturated heterocycles. The molecule has 0 amide bonds. The lowest BCUT2D eigenvalue weighted by molar-refractivity contribution is -0.122. The second kappa shape index (κ2) is 5.28. The maximum absolute atomic E-state index is 11.9. The monoisotopic (exact) mass is 224 g/mol. The normalized spacial score (nSPS) is 34.2. The van der Waals surface area contributed by atoms with Gasteiger partial charge in [-0.05, 0) is 39.3 Å². The van der Waals surface area contributed by atoms with Gasteiger partial charge in [-0.25, -0.2) is 0 Å². The molecule has 0 bridgehead atoms. The van der Waals surface area contributed by atoms with E-state index in [1.807, 2.05) is 0 Å². The van der Waals surface area contributed by atoms with Crippen LogP contribution in [0, 0.1) is 0 Å². The highest BCUT2D eigenvalue weighted by Crippen LogP contribution is 2.25. The Morgan fingerprint density at radius 2 is 2.12 bits per heavy atom. The zero-order valence-electron chi connectivity index (χ0n) is 10.6. The van der Waals surface area contributed by atoms with Crippen molar-refractivity contribution in [3.8, 4) is 0 Å². The summed E-state index contributed by atoms with van der Waals surface area (Å²) >= 11 is 0. The topological polar surface area (TPSA) is 23.6 Å². The number of Topliss-reactive ketones (excluding diaryl/α,β-unsaturated/α-hetero) is 1. The first-order chi connectivity index (χ1) is 7.72. The molecule has 1 aliphatic heterocycles. The fourth-order valence-corrected chi connectivity index (χ4v) is 3.18. The van der Waals surface area contributed by atoms with Crippen LogP contribution in [-0.4, -0.2) is 54.3 Å². The number of carbonyl (C=O) groups is 1. The molecule has 2 unspecified atom stereocenters. The zero-order valence-corrected chi connectivity index (χ0v) is 10.6. The summed E-state index contributed by atoms with van der Waals surface area (Å²) in [5.74, 6) is 0.489. The highest BCUT2D eigenvalue weighted by molar-refractivity contribution is 5.85. The Hall–Kier alpha value is -0.410. The Morgan fingerprint density at radius 1 is 1.31 bits per heavy atom. The Morgan fingerprint density at radius 3 is 2.75 bits per heavy atom. The summed E-state index contributed by atoms with van der Waals surface area (Å²) in [6, 6.07) is 0.830. The van der Waals surface area contributed by atoms with Gasteiger partial charge >= 0.3 is 0 Å². The van der Waals surface area contributed by atoms with Gasteiger partial charge in [0, 0.05) is 25.6 Å². The van der Waals surface area contributed by atoms with Gasteiger partial charge < -0.3 is 4.90 Å². The first kappa shape index (κ1) is 12.1. The van der Waals surface area contributed by atoms with E-state index in [0.29, 0.717) is 11.8 Å². The second-order valence-corrected chi connectivity index (χ2v) is 5.29. The van der Waals surface area contributed by atoms with Crippen LogP contribution in [0.2, 0.25) is 0 Å². The molecule has 2 aliphatic rings. The van der Waals surface area contributed by atoms with E-state index in [4.69, 9.17) is 0 Å². The van der Waals surface area contributed by atoms with Crippen LogP contribution < -0.4 is 0 Å². The smallest absolute Gasteiger partial charge is 0.149 e. The minimum absolute atomic E-state index is 0.247. The number of hydrogen-bond donors (Lipinski definition) is 0. The van der Waals surface area contributed by atoms with Crippen LogP contribution in [0.4, 0.5) is 0 Å². The minimum atomic E-state index is 0.247. The summed E-state index contributed by atoms with van der Waals surface area (Å²) in [4.78, 5) is 16.8. The quantitative estimate of drug-likeness (QED) is 0.710. The van der Waals surface area contributed by atoms with Crippen molar-refractivity contribution in [1.29, 1.82) is 0 Å². The average Bonchev–Trinajstić information content (AvgIpc) is 2.58. The molecule has 0 aromatic heterocycles. The van der Waals surface area contributed by atoms with Crippen LogP contribution in [0.5, 0.6) is 0 Å². The lowest BCUT2D eigenvalue weighted by atomic mass is 10.1. The van der Waals surface area contributed by atoms with Crippen LogP contribution in [0.25, 0.3) is 0 Å². The first-order valence-electron chi connectivity index (χ1n) is 6.69. The molecule has 3 heteroatoms. The molecule has 0 radical (unpaired) electrons. The summed E-state index contributed by atoms with van der Waals surface area (Å²) in [6.45, 7) is 5.66. The highest BCUT2D eigenvalue weighted by Gasteiger charge is 2.34. The van der Waals surface area contributed by atoms with Crippen molar-refractivity contribution in [2.24, 2.45) is 0 Å². The maximum atomic E-state index is 11.9. The van der Waals surface area contributed by atoms with Gasteiger partial charge in [0.25, 0.3) is 0 Å². The van der Waals surface area contributed by atoms with E-state index in [-0.39, 0.29) is 6.04 Å². The second-order valence-electron chi connectivity index (χ2n) is 5.29. The molecule has 2 rings (SSSR count). The summed E-state index contributed by atoms with van der Waals surface area (Å²) in [5.41, 5.74) is 0. The number of rotatable bonds is 2. The Bertz CT molecular complexity index is 254. The van der Waals surface area contributed by atoms with Crippen molar-refractivity contribution in [3.63, 3.8) is 0 Å². The van der Waals surface area contributed by atoms with E-state index in [0.717, 1.165) is 38.8 Å². The van der Waals surface area contributed by atoms with Gasteiger partial charge in [-0.15, -0.1) is 0 Å². The van der Waals surface area contributed by atoms with Crippen LogP contribution in [0.15, 0.2) is 0 Å². The summed E-state index contributed by atoms with van der Waals surface area (Å²) in [6.07, 6.45) is 5.38. The SMILES string of the molecule is CCC1CN(C)CCCN1C1CCCC1=O. The molecule has 0 aromatic carbocycles. The molecule has 3 nitrogen and oxygen atoms in total. The fourth-order valence-electron chi connectivity index (χ4n) is 3.18. The Labute approximate surface area is 98.8 Å². The molecule has 0 aromatic rings. The van der Waals surface area contributed by atoms with E-state index in [1.54, 1.807) is 0 Å². The minimum Gasteiger partial charge on any atom is -0.305 e. The lowest BCUT2D eigenvalue weighted by Gasteiger charge is -2.34. The van der Waals surface area contributed by atoms with Gasteiger partial charge in [-0.2, -0.15) is 0 Å². The van der Waals surface area contributed by atoms with Crippen molar-refractivity contribution < 1.29 is 4.79 Å². The molecule has 0 N–H and O–H groups in total. The first-order valence-corrected chi connectivity index (χ1v) is 6.69. The van der Waals surface area contributed by atoms with Gasteiger partial charge in [-0.3, -0.25) is 9.69 Å². The predicted molar refractivity (Wildman–Crippen MR) is 65.5 cm³/mol. The summed E-state index contributed by atoms with van der Waals surface area (Å²) in [5, 5.41) is 0. The Balaban J connectivity index is 2.07. The van der Waals surface area contributed by atoms with Gasteiger partial charge in [0.1, 0.15) is 5.78 Å². The Kier molecular flexibility index (Phi) is 3.98. The van der Waals surface area contributed by atoms with Crippen molar-refractivity contribution in [1.82, 2.24) is 9.80 Å². The van der Waals surface area contributed by atoms with Crippen molar-refractivity contribution in [2.45, 2.75) is 51.1 Å². The van der Waals surface area contributed by atoms with Crippen molar-refractivity contribution in [2.75, 3.05) is 26.7 Å². The van der Waals surface area contributed by atoms with Crippen LogP contribution in [0.3, 0.4) is 0 Å². The van der Waals surface area contributed by atoms with Gasteiger partial charge in [-0.1, -0.05) is 6.92 Å². The molecule has 92 valence electrons. The number of nitrogens with zero attached hydrogens (tertiary/aromatic N) is 2. The highest BCUT2D eigenvalue weighted by atomic mass is 16.1. The molecule has 0 spiro atoms. The van der Waals surface area contributed by atoms with E-state index in [2.05, 4.69) is 23.8 Å². The third-order valence-electron chi connectivity index (χ3n) is 4.09. The van der Waals surface area contributed by atoms with Gasteiger partial charge in [0.2, 0.25) is 0 Å². The van der Waals surface area contributed by atoms with Crippen LogP contribution in [-0.2, 0) is 4.79 Å². The maximum Gasteiger partial charge on any atom is 0.149 e. The summed E-state index contributed by atoms with van der Waals surface area (Å²) < 4.78 is 0. The van der Waals surface area contributed by atoms with Crippen LogP contribution in [0.1, 0.15) is 39.0 Å².